The van der Waals surface area contributed by atoms with Gasteiger partial charge in [0.2, 0.25) is 5.91 Å². The van der Waals surface area contributed by atoms with Crippen molar-refractivity contribution in [2.75, 3.05) is 26.3 Å². The summed E-state index contributed by atoms with van der Waals surface area (Å²) in [5.41, 5.74) is 14.3. The number of nitrogens with two attached hydrogens (primary N) is 1. The molecule has 1 atom stereocenters. The summed E-state index contributed by atoms with van der Waals surface area (Å²) >= 11 is 6.56. The normalized spacial score (nSPS) is 16.1. The number of hydrogen-bond acceptors (Lipinski definition) is 4. The first-order valence-electron chi connectivity index (χ1n) is 12.9. The number of carbonyl (C=O) groups excluding carboxylic acids is 2. The zero-order valence-corrected chi connectivity index (χ0v) is 21.9. The summed E-state index contributed by atoms with van der Waals surface area (Å²) < 4.78 is 5.51. The lowest BCUT2D eigenvalue weighted by atomic mass is 9.89. The highest BCUT2D eigenvalue weighted by molar-refractivity contribution is 6.33. The minimum absolute atomic E-state index is 0.108. The predicted molar refractivity (Wildman–Crippen MR) is 152 cm³/mol. The largest absolute Gasteiger partial charge is 0.394 e. The molecule has 196 valence electrons. The number of primary amides is 1. The second-order valence-corrected chi connectivity index (χ2v) is 10.3. The molecule has 7 heteroatoms. The quantitative estimate of drug-likeness (QED) is 0.322. The average Bonchev–Trinajstić information content (AvgIpc) is 3.34. The van der Waals surface area contributed by atoms with Gasteiger partial charge in [-0.05, 0) is 75.7 Å². The van der Waals surface area contributed by atoms with Gasteiger partial charge in [0.25, 0.3) is 5.91 Å². The van der Waals surface area contributed by atoms with Gasteiger partial charge in [-0.2, -0.15) is 0 Å². The van der Waals surface area contributed by atoms with E-state index in [9.17, 15) is 14.7 Å². The lowest BCUT2D eigenvalue weighted by molar-refractivity contribution is -0.0447. The van der Waals surface area contributed by atoms with Crippen LogP contribution >= 0.6 is 11.6 Å². The van der Waals surface area contributed by atoms with E-state index in [1.807, 2.05) is 72.8 Å². The van der Waals surface area contributed by atoms with E-state index >= 15 is 0 Å². The fourth-order valence-electron chi connectivity index (χ4n) is 5.63. The molecule has 6 rings (SSSR count). The SMILES string of the molecule is NC(=O)c1cc(-c2ccccc2-c2ccccc2Cl)cc2c1Cc1ccc(C(=O)N3CCOC(CO)C3)cc1-2. The maximum atomic E-state index is 13.4. The number of amides is 2. The minimum Gasteiger partial charge on any atom is -0.394 e. The van der Waals surface area contributed by atoms with Crippen LogP contribution in [0.5, 0.6) is 0 Å². The molecule has 39 heavy (non-hydrogen) atoms. The molecule has 1 heterocycles. The first kappa shape index (κ1) is 25.3. The van der Waals surface area contributed by atoms with Crippen molar-refractivity contribution < 1.29 is 19.4 Å². The van der Waals surface area contributed by atoms with Crippen LogP contribution in [-0.4, -0.2) is 54.2 Å². The standard InChI is InChI=1S/C32H27ClN2O4/c33-30-8-4-3-7-25(30)24-6-2-1-5-23(24)21-15-27-26-14-20(32(38)35-11-12-39-22(17-35)18-36)10-9-19(26)13-28(27)29(16-21)31(34)37/h1-10,14-16,22,36H,11-13,17-18H2,(H2,34,37). The van der Waals surface area contributed by atoms with Gasteiger partial charge in [-0.3, -0.25) is 9.59 Å². The number of aliphatic hydroxyl groups is 1. The topological polar surface area (TPSA) is 92.9 Å². The van der Waals surface area contributed by atoms with E-state index in [1.54, 1.807) is 4.90 Å². The zero-order chi connectivity index (χ0) is 27.1. The first-order valence-corrected chi connectivity index (χ1v) is 13.3. The summed E-state index contributed by atoms with van der Waals surface area (Å²) in [5, 5.41) is 10.1. The number of ether oxygens (including phenoxy) is 1. The van der Waals surface area contributed by atoms with E-state index < -0.39 is 5.91 Å². The maximum absolute atomic E-state index is 13.4. The molecule has 0 aromatic heterocycles. The van der Waals surface area contributed by atoms with Crippen molar-refractivity contribution in [1.29, 1.82) is 0 Å². The zero-order valence-electron chi connectivity index (χ0n) is 21.2. The Kier molecular flexibility index (Phi) is 6.69. The smallest absolute Gasteiger partial charge is 0.254 e. The van der Waals surface area contributed by atoms with Crippen molar-refractivity contribution in [2.24, 2.45) is 5.73 Å². The Bertz CT molecular complexity index is 1620. The van der Waals surface area contributed by atoms with E-state index in [0.29, 0.717) is 42.3 Å². The molecular formula is C32H27ClN2O4. The second-order valence-electron chi connectivity index (χ2n) is 9.91. The molecule has 0 spiro atoms. The number of morpholine rings is 1. The lowest BCUT2D eigenvalue weighted by Gasteiger charge is -2.32. The number of fused-ring (bicyclic) bond motifs is 3. The van der Waals surface area contributed by atoms with Gasteiger partial charge in [0.15, 0.2) is 0 Å². The third-order valence-electron chi connectivity index (χ3n) is 7.56. The molecule has 4 aromatic rings. The predicted octanol–water partition coefficient (Wildman–Crippen LogP) is 5.18. The van der Waals surface area contributed by atoms with E-state index in [4.69, 9.17) is 22.1 Å². The van der Waals surface area contributed by atoms with Gasteiger partial charge in [-0.15, -0.1) is 0 Å². The van der Waals surface area contributed by atoms with Crippen molar-refractivity contribution in [1.82, 2.24) is 4.90 Å². The summed E-state index contributed by atoms with van der Waals surface area (Å²) in [5.74, 6) is -0.598. The van der Waals surface area contributed by atoms with Gasteiger partial charge in [0.05, 0.1) is 19.3 Å². The van der Waals surface area contributed by atoms with Crippen molar-refractivity contribution in [3.63, 3.8) is 0 Å². The first-order chi connectivity index (χ1) is 18.9. The Morgan fingerprint density at radius 3 is 2.41 bits per heavy atom. The number of rotatable bonds is 5. The van der Waals surface area contributed by atoms with Gasteiger partial charge in [-0.25, -0.2) is 0 Å². The molecular weight excluding hydrogens is 512 g/mol. The summed E-state index contributed by atoms with van der Waals surface area (Å²) in [6.45, 7) is 1.08. The van der Waals surface area contributed by atoms with Crippen LogP contribution in [0.2, 0.25) is 5.02 Å². The molecule has 0 bridgehead atoms. The summed E-state index contributed by atoms with van der Waals surface area (Å²) in [6.07, 6.45) is 0.185. The van der Waals surface area contributed by atoms with Crippen molar-refractivity contribution in [3.05, 3.63) is 106 Å². The highest BCUT2D eigenvalue weighted by Gasteiger charge is 2.29. The number of benzene rings is 4. The van der Waals surface area contributed by atoms with E-state index in [2.05, 4.69) is 6.07 Å². The minimum atomic E-state index is -0.490. The second kappa shape index (κ2) is 10.3. The Balaban J connectivity index is 1.46. The van der Waals surface area contributed by atoms with Gasteiger partial charge in [-0.1, -0.05) is 60.1 Å². The molecule has 2 aliphatic rings. The molecule has 1 aliphatic heterocycles. The van der Waals surface area contributed by atoms with E-state index in [-0.39, 0.29) is 18.6 Å². The van der Waals surface area contributed by atoms with E-state index in [0.717, 1.165) is 44.5 Å². The van der Waals surface area contributed by atoms with Crippen LogP contribution in [0.1, 0.15) is 31.8 Å². The Hall–Kier alpha value is -3.97. The van der Waals surface area contributed by atoms with Crippen LogP contribution in [0.3, 0.4) is 0 Å². The highest BCUT2D eigenvalue weighted by atomic mass is 35.5. The van der Waals surface area contributed by atoms with Crippen molar-refractivity contribution >= 4 is 23.4 Å². The molecule has 0 radical (unpaired) electrons. The summed E-state index contributed by atoms with van der Waals surface area (Å²) in [4.78, 5) is 27.7. The molecule has 1 unspecified atom stereocenters. The average molecular weight is 539 g/mol. The molecule has 6 nitrogen and oxygen atoms in total. The highest BCUT2D eigenvalue weighted by Crippen LogP contribution is 2.44. The monoisotopic (exact) mass is 538 g/mol. The Morgan fingerprint density at radius 2 is 1.67 bits per heavy atom. The van der Waals surface area contributed by atoms with Crippen LogP contribution in [0, 0.1) is 0 Å². The van der Waals surface area contributed by atoms with Crippen LogP contribution in [0.15, 0.2) is 78.9 Å². The lowest BCUT2D eigenvalue weighted by Crippen LogP contribution is -2.46. The van der Waals surface area contributed by atoms with Crippen molar-refractivity contribution in [3.8, 4) is 33.4 Å². The van der Waals surface area contributed by atoms with Gasteiger partial charge in [0.1, 0.15) is 0 Å². The summed E-state index contributed by atoms with van der Waals surface area (Å²) in [7, 11) is 0. The fourth-order valence-corrected chi connectivity index (χ4v) is 5.87. The van der Waals surface area contributed by atoms with Crippen LogP contribution in [0.25, 0.3) is 33.4 Å². The number of carbonyl (C=O) groups is 2. The van der Waals surface area contributed by atoms with Gasteiger partial charge < -0.3 is 20.5 Å². The molecule has 2 amide bonds. The Labute approximate surface area is 231 Å². The van der Waals surface area contributed by atoms with Crippen LogP contribution in [0.4, 0.5) is 0 Å². The number of aliphatic hydroxyl groups excluding tert-OH is 1. The third kappa shape index (κ3) is 4.61. The third-order valence-corrected chi connectivity index (χ3v) is 7.89. The van der Waals surface area contributed by atoms with Gasteiger partial charge in [0, 0.05) is 34.8 Å². The molecule has 1 fully saturated rings. The number of halogens is 1. The molecule has 1 saturated heterocycles. The van der Waals surface area contributed by atoms with Gasteiger partial charge >= 0.3 is 0 Å². The molecule has 3 N–H and O–H groups in total. The fraction of sp³-hybridized carbons (Fsp3) is 0.188. The van der Waals surface area contributed by atoms with Crippen LogP contribution in [-0.2, 0) is 11.2 Å². The van der Waals surface area contributed by atoms with E-state index in [1.165, 1.54) is 0 Å². The number of hydrogen-bond donors (Lipinski definition) is 2. The van der Waals surface area contributed by atoms with Crippen molar-refractivity contribution in [2.45, 2.75) is 12.5 Å². The Morgan fingerprint density at radius 1 is 0.923 bits per heavy atom. The van der Waals surface area contributed by atoms with Crippen LogP contribution < -0.4 is 5.73 Å². The number of nitrogens with zero attached hydrogens (tertiary/aromatic N) is 1. The maximum Gasteiger partial charge on any atom is 0.254 e. The molecule has 4 aromatic carbocycles. The summed E-state index contributed by atoms with van der Waals surface area (Å²) in [6, 6.07) is 25.2. The molecule has 0 saturated carbocycles. The molecule has 1 aliphatic carbocycles.